The Morgan fingerprint density at radius 1 is 0.953 bits per heavy atom. The number of amides is 3. The van der Waals surface area contributed by atoms with Gasteiger partial charge in [-0.25, -0.2) is 4.79 Å². The lowest BCUT2D eigenvalue weighted by atomic mass is 10.0. The van der Waals surface area contributed by atoms with Crippen LogP contribution in [0.15, 0.2) is 79.0 Å². The predicted molar refractivity (Wildman–Crippen MR) is 168 cm³/mol. The molecular formula is C33H39N7O3. The fourth-order valence-electron chi connectivity index (χ4n) is 5.31. The third kappa shape index (κ3) is 7.22. The molecule has 10 heteroatoms. The van der Waals surface area contributed by atoms with Gasteiger partial charge in [0.05, 0.1) is 24.2 Å². The number of carbonyl (C=O) groups excluding carboxylic acids is 2. The Bertz CT molecular complexity index is 1580. The van der Waals surface area contributed by atoms with Crippen molar-refractivity contribution in [2.75, 3.05) is 43.4 Å². The number of nitrogens with zero attached hydrogens (tertiary/aromatic N) is 5. The van der Waals surface area contributed by atoms with E-state index < -0.39 is 0 Å². The van der Waals surface area contributed by atoms with Crippen molar-refractivity contribution in [2.45, 2.75) is 26.6 Å². The average Bonchev–Trinajstić information content (AvgIpc) is 3.44. The molecule has 0 radical (unpaired) electrons. The van der Waals surface area contributed by atoms with Gasteiger partial charge in [0.1, 0.15) is 5.82 Å². The molecule has 1 aromatic heterocycles. The standard InChI is InChI=1S/C33H39N7O3/c1-24-19-27(32(42)37(2)30-10-5-4-9-29(30)36-31-13-14-35-38(31)3)11-12-28(24)21-34-33(43)40-17-15-39(16-18-40)22-25-7-6-8-26(20-25)23-41/h4-14,19-20,36,41H,15-18,21-23H2,1-3H3,(H,34,43). The molecule has 0 unspecified atom stereocenters. The van der Waals surface area contributed by atoms with Crippen molar-refractivity contribution in [3.8, 4) is 0 Å². The van der Waals surface area contributed by atoms with Gasteiger partial charge < -0.3 is 25.5 Å². The highest BCUT2D eigenvalue weighted by atomic mass is 16.3. The SMILES string of the molecule is Cc1cc(C(=O)N(C)c2ccccc2Nc2ccnn2C)ccc1CNC(=O)N1CCN(Cc2cccc(CO)c2)CC1. The number of nitrogens with one attached hydrogen (secondary N) is 2. The van der Waals surface area contributed by atoms with Crippen molar-refractivity contribution in [2.24, 2.45) is 7.05 Å². The lowest BCUT2D eigenvalue weighted by molar-refractivity contribution is 0.0993. The van der Waals surface area contributed by atoms with E-state index in [9.17, 15) is 14.7 Å². The molecule has 1 fully saturated rings. The number of urea groups is 1. The number of para-hydroxylation sites is 2. The fourth-order valence-corrected chi connectivity index (χ4v) is 5.31. The molecule has 3 amide bonds. The molecule has 224 valence electrons. The van der Waals surface area contributed by atoms with Gasteiger partial charge in [0.15, 0.2) is 0 Å². The first-order chi connectivity index (χ1) is 20.8. The highest BCUT2D eigenvalue weighted by Crippen LogP contribution is 2.29. The normalized spacial score (nSPS) is 13.5. The Morgan fingerprint density at radius 3 is 2.44 bits per heavy atom. The molecule has 0 spiro atoms. The van der Waals surface area contributed by atoms with Crippen LogP contribution in [-0.2, 0) is 26.7 Å². The summed E-state index contributed by atoms with van der Waals surface area (Å²) in [5, 5.41) is 20.0. The van der Waals surface area contributed by atoms with Crippen LogP contribution in [0.5, 0.6) is 0 Å². The Labute approximate surface area is 252 Å². The second-order valence-electron chi connectivity index (χ2n) is 10.9. The predicted octanol–water partition coefficient (Wildman–Crippen LogP) is 4.27. The molecule has 0 bridgehead atoms. The van der Waals surface area contributed by atoms with Crippen molar-refractivity contribution >= 4 is 29.1 Å². The monoisotopic (exact) mass is 581 g/mol. The number of hydrogen-bond donors (Lipinski definition) is 3. The topological polar surface area (TPSA) is 106 Å². The zero-order chi connectivity index (χ0) is 30.3. The minimum Gasteiger partial charge on any atom is -0.392 e. The van der Waals surface area contributed by atoms with Crippen LogP contribution in [-0.4, -0.2) is 69.9 Å². The highest BCUT2D eigenvalue weighted by molar-refractivity contribution is 6.07. The van der Waals surface area contributed by atoms with E-state index in [-0.39, 0.29) is 18.5 Å². The summed E-state index contributed by atoms with van der Waals surface area (Å²) in [6.07, 6.45) is 1.72. The van der Waals surface area contributed by atoms with Crippen LogP contribution in [0, 0.1) is 6.92 Å². The van der Waals surface area contributed by atoms with Gasteiger partial charge in [-0.15, -0.1) is 0 Å². The number of aliphatic hydroxyl groups excluding tert-OH is 1. The zero-order valence-corrected chi connectivity index (χ0v) is 25.0. The summed E-state index contributed by atoms with van der Waals surface area (Å²) < 4.78 is 1.74. The van der Waals surface area contributed by atoms with Crippen LogP contribution >= 0.6 is 0 Å². The largest absolute Gasteiger partial charge is 0.392 e. The highest BCUT2D eigenvalue weighted by Gasteiger charge is 2.22. The first-order valence-electron chi connectivity index (χ1n) is 14.5. The summed E-state index contributed by atoms with van der Waals surface area (Å²) in [7, 11) is 3.62. The van der Waals surface area contributed by atoms with E-state index in [0.29, 0.717) is 25.2 Å². The number of hydrogen-bond acceptors (Lipinski definition) is 6. The van der Waals surface area contributed by atoms with E-state index in [1.807, 2.05) is 85.6 Å². The van der Waals surface area contributed by atoms with Crippen LogP contribution in [0.1, 0.15) is 32.6 Å². The van der Waals surface area contributed by atoms with Gasteiger partial charge in [-0.1, -0.05) is 42.5 Å². The van der Waals surface area contributed by atoms with Gasteiger partial charge in [0, 0.05) is 65.0 Å². The molecule has 43 heavy (non-hydrogen) atoms. The second-order valence-corrected chi connectivity index (χ2v) is 10.9. The first-order valence-corrected chi connectivity index (χ1v) is 14.5. The number of benzene rings is 3. The van der Waals surface area contributed by atoms with Crippen LogP contribution in [0.25, 0.3) is 0 Å². The number of aryl methyl sites for hydroxylation is 2. The lowest BCUT2D eigenvalue weighted by Gasteiger charge is -2.34. The minimum atomic E-state index is -0.126. The van der Waals surface area contributed by atoms with Gasteiger partial charge in [0.2, 0.25) is 0 Å². The summed E-state index contributed by atoms with van der Waals surface area (Å²) in [6.45, 7) is 6.08. The molecule has 3 N–H and O–H groups in total. The number of aromatic nitrogens is 2. The summed E-state index contributed by atoms with van der Waals surface area (Å²) in [4.78, 5) is 32.2. The van der Waals surface area contributed by atoms with Gasteiger partial charge in [-0.05, 0) is 53.4 Å². The Balaban J connectivity index is 1.14. The summed E-state index contributed by atoms with van der Waals surface area (Å²) in [5.74, 6) is 0.695. The maximum Gasteiger partial charge on any atom is 0.317 e. The van der Waals surface area contributed by atoms with E-state index in [1.54, 1.807) is 22.8 Å². The van der Waals surface area contributed by atoms with E-state index in [1.165, 1.54) is 5.56 Å². The zero-order valence-electron chi connectivity index (χ0n) is 25.0. The average molecular weight is 582 g/mol. The number of carbonyl (C=O) groups is 2. The molecule has 3 aromatic carbocycles. The van der Waals surface area contributed by atoms with Crippen LogP contribution < -0.4 is 15.5 Å². The molecule has 5 rings (SSSR count). The van der Waals surface area contributed by atoms with Gasteiger partial charge in [-0.2, -0.15) is 5.10 Å². The fraction of sp³-hybridized carbons (Fsp3) is 0.303. The van der Waals surface area contributed by atoms with Crippen molar-refractivity contribution in [1.82, 2.24) is 24.9 Å². The van der Waals surface area contributed by atoms with Crippen LogP contribution in [0.3, 0.4) is 0 Å². The Hall–Kier alpha value is -4.67. The molecule has 1 aliphatic rings. The van der Waals surface area contributed by atoms with E-state index in [2.05, 4.69) is 26.7 Å². The molecule has 4 aromatic rings. The first kappa shape index (κ1) is 29.8. The molecule has 1 aliphatic heterocycles. The molecular weight excluding hydrogens is 542 g/mol. The second kappa shape index (κ2) is 13.5. The maximum atomic E-state index is 13.5. The number of aliphatic hydroxyl groups is 1. The lowest BCUT2D eigenvalue weighted by Crippen LogP contribution is -2.51. The molecule has 2 heterocycles. The molecule has 0 saturated carbocycles. The van der Waals surface area contributed by atoms with Crippen LogP contribution in [0.4, 0.5) is 22.0 Å². The van der Waals surface area contributed by atoms with E-state index >= 15 is 0 Å². The van der Waals surface area contributed by atoms with Crippen LogP contribution in [0.2, 0.25) is 0 Å². The molecule has 0 aliphatic carbocycles. The van der Waals surface area contributed by atoms with E-state index in [4.69, 9.17) is 0 Å². The number of anilines is 3. The van der Waals surface area contributed by atoms with Gasteiger partial charge in [-0.3, -0.25) is 14.4 Å². The molecule has 0 atom stereocenters. The summed E-state index contributed by atoms with van der Waals surface area (Å²) in [5.41, 5.74) is 6.11. The third-order valence-electron chi connectivity index (χ3n) is 7.91. The van der Waals surface area contributed by atoms with Gasteiger partial charge >= 0.3 is 6.03 Å². The summed E-state index contributed by atoms with van der Waals surface area (Å²) >= 11 is 0. The minimum absolute atomic E-state index is 0.0387. The van der Waals surface area contributed by atoms with Crippen molar-refractivity contribution < 1.29 is 14.7 Å². The Morgan fingerprint density at radius 2 is 1.72 bits per heavy atom. The van der Waals surface area contributed by atoms with Gasteiger partial charge in [0.25, 0.3) is 5.91 Å². The van der Waals surface area contributed by atoms with Crippen molar-refractivity contribution in [3.63, 3.8) is 0 Å². The molecule has 10 nitrogen and oxygen atoms in total. The quantitative estimate of drug-likeness (QED) is 0.273. The maximum absolute atomic E-state index is 13.5. The van der Waals surface area contributed by atoms with E-state index in [0.717, 1.165) is 53.5 Å². The smallest absolute Gasteiger partial charge is 0.317 e. The van der Waals surface area contributed by atoms with Crippen molar-refractivity contribution in [1.29, 1.82) is 0 Å². The molecule has 1 saturated heterocycles. The number of piperazine rings is 1. The van der Waals surface area contributed by atoms with Crippen molar-refractivity contribution in [3.05, 3.63) is 107 Å². The third-order valence-corrected chi connectivity index (χ3v) is 7.91. The summed E-state index contributed by atoms with van der Waals surface area (Å²) in [6, 6.07) is 23.0. The Kier molecular flexibility index (Phi) is 9.38. The number of rotatable bonds is 9.